The molecule has 1 aromatic carbocycles. The fourth-order valence-electron chi connectivity index (χ4n) is 3.31. The quantitative estimate of drug-likeness (QED) is 0.740. The summed E-state index contributed by atoms with van der Waals surface area (Å²) in [5, 5.41) is 7.35. The van der Waals surface area contributed by atoms with Crippen molar-refractivity contribution in [2.24, 2.45) is 0 Å². The lowest BCUT2D eigenvalue weighted by molar-refractivity contribution is 0.235. The average molecular weight is 299 g/mol. The molecule has 1 aliphatic carbocycles. The van der Waals surface area contributed by atoms with E-state index in [1.807, 2.05) is 18.3 Å². The van der Waals surface area contributed by atoms with Crippen molar-refractivity contribution in [1.82, 2.24) is 15.6 Å². The minimum atomic E-state index is -0.0215. The van der Waals surface area contributed by atoms with E-state index in [1.165, 1.54) is 36.6 Å². The van der Waals surface area contributed by atoms with Gasteiger partial charge in [0.05, 0.1) is 0 Å². The molecule has 0 atom stereocenters. The number of amides is 2. The van der Waals surface area contributed by atoms with Crippen molar-refractivity contribution >= 4 is 16.9 Å². The standard InChI is InChI=1S/C18H25N3O/c22-18(21-15-7-3-1-2-4-8-15)19-12-11-14-13-20-17-10-6-5-9-16(14)17/h5-6,9-10,13,15,20H,1-4,7-8,11-12H2,(H2,19,21,22). The highest BCUT2D eigenvalue weighted by atomic mass is 16.2. The highest BCUT2D eigenvalue weighted by Gasteiger charge is 2.14. The normalized spacial score (nSPS) is 16.4. The summed E-state index contributed by atoms with van der Waals surface area (Å²) in [6.45, 7) is 0.667. The fraction of sp³-hybridized carbons (Fsp3) is 0.500. The zero-order valence-corrected chi connectivity index (χ0v) is 13.0. The van der Waals surface area contributed by atoms with Crippen LogP contribution in [0.4, 0.5) is 4.79 Å². The van der Waals surface area contributed by atoms with Crippen LogP contribution in [-0.2, 0) is 6.42 Å². The molecule has 22 heavy (non-hydrogen) atoms. The molecule has 1 heterocycles. The third-order valence-electron chi connectivity index (χ3n) is 4.55. The zero-order chi connectivity index (χ0) is 15.2. The van der Waals surface area contributed by atoms with Gasteiger partial charge in [-0.3, -0.25) is 0 Å². The van der Waals surface area contributed by atoms with Gasteiger partial charge < -0.3 is 15.6 Å². The van der Waals surface area contributed by atoms with Gasteiger partial charge in [-0.2, -0.15) is 0 Å². The van der Waals surface area contributed by atoms with E-state index in [4.69, 9.17) is 0 Å². The zero-order valence-electron chi connectivity index (χ0n) is 13.0. The second-order valence-electron chi connectivity index (χ2n) is 6.20. The van der Waals surface area contributed by atoms with Gasteiger partial charge in [-0.25, -0.2) is 4.79 Å². The number of benzene rings is 1. The molecule has 1 fully saturated rings. The summed E-state index contributed by atoms with van der Waals surface area (Å²) in [6.07, 6.45) is 10.2. The molecule has 2 aromatic rings. The number of aromatic amines is 1. The van der Waals surface area contributed by atoms with E-state index in [9.17, 15) is 4.79 Å². The van der Waals surface area contributed by atoms with Crippen LogP contribution in [0.1, 0.15) is 44.1 Å². The maximum Gasteiger partial charge on any atom is 0.315 e. The molecule has 0 saturated heterocycles. The topological polar surface area (TPSA) is 56.9 Å². The molecule has 3 N–H and O–H groups in total. The van der Waals surface area contributed by atoms with Crippen molar-refractivity contribution in [1.29, 1.82) is 0 Å². The van der Waals surface area contributed by atoms with Crippen molar-refractivity contribution in [2.75, 3.05) is 6.54 Å². The summed E-state index contributed by atoms with van der Waals surface area (Å²) in [7, 11) is 0. The van der Waals surface area contributed by atoms with E-state index in [0.717, 1.165) is 24.8 Å². The maximum atomic E-state index is 12.0. The molecule has 1 aliphatic rings. The number of carbonyl (C=O) groups is 1. The Morgan fingerprint density at radius 3 is 2.73 bits per heavy atom. The molecule has 0 unspecified atom stereocenters. The van der Waals surface area contributed by atoms with Crippen LogP contribution in [0.3, 0.4) is 0 Å². The van der Waals surface area contributed by atoms with Crippen molar-refractivity contribution in [3.05, 3.63) is 36.0 Å². The lowest BCUT2D eigenvalue weighted by atomic mass is 10.1. The summed E-state index contributed by atoms with van der Waals surface area (Å²) in [4.78, 5) is 15.3. The third-order valence-corrected chi connectivity index (χ3v) is 4.55. The maximum absolute atomic E-state index is 12.0. The Kier molecular flexibility index (Phi) is 4.99. The van der Waals surface area contributed by atoms with E-state index in [-0.39, 0.29) is 6.03 Å². The summed E-state index contributed by atoms with van der Waals surface area (Å²) < 4.78 is 0. The Bertz CT molecular complexity index is 612. The van der Waals surface area contributed by atoms with E-state index >= 15 is 0 Å². The molecular formula is C18H25N3O. The lowest BCUT2D eigenvalue weighted by Gasteiger charge is -2.16. The Labute approximate surface area is 131 Å². The Balaban J connectivity index is 1.45. The number of hydrogen-bond acceptors (Lipinski definition) is 1. The summed E-state index contributed by atoms with van der Waals surface area (Å²) in [6, 6.07) is 8.60. The minimum absolute atomic E-state index is 0.0215. The fourth-order valence-corrected chi connectivity index (χ4v) is 3.31. The number of para-hydroxylation sites is 1. The highest BCUT2D eigenvalue weighted by Crippen LogP contribution is 2.18. The lowest BCUT2D eigenvalue weighted by Crippen LogP contribution is -2.42. The van der Waals surface area contributed by atoms with Gasteiger partial charge in [0.1, 0.15) is 0 Å². The minimum Gasteiger partial charge on any atom is -0.361 e. The van der Waals surface area contributed by atoms with Crippen LogP contribution in [0.2, 0.25) is 0 Å². The largest absolute Gasteiger partial charge is 0.361 e. The number of rotatable bonds is 4. The number of H-pyrrole nitrogens is 1. The summed E-state index contributed by atoms with van der Waals surface area (Å²) in [5.41, 5.74) is 2.41. The number of hydrogen-bond donors (Lipinski definition) is 3. The molecule has 4 heteroatoms. The van der Waals surface area contributed by atoms with Crippen LogP contribution in [0.25, 0.3) is 10.9 Å². The molecule has 1 saturated carbocycles. The number of nitrogens with one attached hydrogen (secondary N) is 3. The van der Waals surface area contributed by atoms with Crippen LogP contribution in [0, 0.1) is 0 Å². The molecule has 4 nitrogen and oxygen atoms in total. The van der Waals surface area contributed by atoms with E-state index in [2.05, 4.69) is 27.8 Å². The second-order valence-corrected chi connectivity index (χ2v) is 6.20. The van der Waals surface area contributed by atoms with Gasteiger partial charge in [0.15, 0.2) is 0 Å². The SMILES string of the molecule is O=C(NCCc1c[nH]c2ccccc12)NC1CCCCCC1. The van der Waals surface area contributed by atoms with Crippen molar-refractivity contribution in [2.45, 2.75) is 51.0 Å². The Hall–Kier alpha value is -1.97. The molecular weight excluding hydrogens is 274 g/mol. The highest BCUT2D eigenvalue weighted by molar-refractivity contribution is 5.83. The Morgan fingerprint density at radius 2 is 1.91 bits per heavy atom. The van der Waals surface area contributed by atoms with Crippen LogP contribution in [0.5, 0.6) is 0 Å². The van der Waals surface area contributed by atoms with Crippen LogP contribution in [0.15, 0.2) is 30.5 Å². The predicted octanol–water partition coefficient (Wildman–Crippen LogP) is 3.73. The van der Waals surface area contributed by atoms with Crippen molar-refractivity contribution in [3.63, 3.8) is 0 Å². The monoisotopic (exact) mass is 299 g/mol. The van der Waals surface area contributed by atoms with Crippen LogP contribution in [-0.4, -0.2) is 23.6 Å². The molecule has 3 rings (SSSR count). The van der Waals surface area contributed by atoms with E-state index in [0.29, 0.717) is 12.6 Å². The van der Waals surface area contributed by atoms with Gasteiger partial charge in [0.25, 0.3) is 0 Å². The van der Waals surface area contributed by atoms with Crippen LogP contribution >= 0.6 is 0 Å². The van der Waals surface area contributed by atoms with Gasteiger partial charge in [-0.05, 0) is 30.9 Å². The van der Waals surface area contributed by atoms with Gasteiger partial charge in [0, 0.05) is 29.7 Å². The molecule has 2 amide bonds. The van der Waals surface area contributed by atoms with Crippen molar-refractivity contribution < 1.29 is 4.79 Å². The predicted molar refractivity (Wildman–Crippen MR) is 90.0 cm³/mol. The van der Waals surface area contributed by atoms with Crippen LogP contribution < -0.4 is 10.6 Å². The number of fused-ring (bicyclic) bond motifs is 1. The van der Waals surface area contributed by atoms with E-state index in [1.54, 1.807) is 0 Å². The average Bonchev–Trinajstić information content (AvgIpc) is 2.76. The smallest absolute Gasteiger partial charge is 0.315 e. The molecule has 1 aromatic heterocycles. The van der Waals surface area contributed by atoms with Gasteiger partial charge >= 0.3 is 6.03 Å². The molecule has 118 valence electrons. The molecule has 0 spiro atoms. The summed E-state index contributed by atoms with van der Waals surface area (Å²) >= 11 is 0. The number of urea groups is 1. The summed E-state index contributed by atoms with van der Waals surface area (Å²) in [5.74, 6) is 0. The number of carbonyl (C=O) groups excluding carboxylic acids is 1. The first-order valence-electron chi connectivity index (χ1n) is 8.42. The third kappa shape index (κ3) is 3.81. The molecule has 0 aliphatic heterocycles. The Morgan fingerprint density at radius 1 is 1.14 bits per heavy atom. The van der Waals surface area contributed by atoms with Gasteiger partial charge in [-0.1, -0.05) is 43.9 Å². The first-order valence-corrected chi connectivity index (χ1v) is 8.42. The first kappa shape index (κ1) is 14.9. The molecule has 0 radical (unpaired) electrons. The second kappa shape index (κ2) is 7.34. The molecule has 0 bridgehead atoms. The van der Waals surface area contributed by atoms with Gasteiger partial charge in [-0.15, -0.1) is 0 Å². The number of aromatic nitrogens is 1. The van der Waals surface area contributed by atoms with E-state index < -0.39 is 0 Å². The first-order chi connectivity index (χ1) is 10.8. The van der Waals surface area contributed by atoms with Gasteiger partial charge in [0.2, 0.25) is 0 Å². The van der Waals surface area contributed by atoms with Crippen molar-refractivity contribution in [3.8, 4) is 0 Å².